The Morgan fingerprint density at radius 1 is 1.23 bits per heavy atom. The van der Waals surface area contributed by atoms with E-state index in [1.165, 1.54) is 12.1 Å². The number of aliphatic carboxylic acids is 1. The SMILES string of the molecule is Cc1oc(-c2ccc(C(F)(F)F)cc2)nc1CCOc1cccc(CN2CCOCC2C(=O)O)c1. The van der Waals surface area contributed by atoms with E-state index in [2.05, 4.69) is 4.98 Å². The van der Waals surface area contributed by atoms with Gasteiger partial charge in [-0.2, -0.15) is 13.2 Å². The summed E-state index contributed by atoms with van der Waals surface area (Å²) in [6, 6.07) is 11.5. The standard InChI is InChI=1S/C25H25F3N2O5/c1-16-21(29-23(35-16)18-5-7-19(8-6-18)25(26,27)28)9-11-34-20-4-2-3-17(13-20)14-30-10-12-33-15-22(30)24(31)32/h2-8,13,22H,9-12,14-15H2,1H3,(H,31,32). The molecule has 0 saturated carbocycles. The van der Waals surface area contributed by atoms with Crippen LogP contribution in [0.15, 0.2) is 52.9 Å². The third-order valence-electron chi connectivity index (χ3n) is 5.77. The summed E-state index contributed by atoms with van der Waals surface area (Å²) in [5, 5.41) is 9.40. The molecule has 0 bridgehead atoms. The lowest BCUT2D eigenvalue weighted by Crippen LogP contribution is -2.49. The van der Waals surface area contributed by atoms with Crippen LogP contribution in [0.5, 0.6) is 5.75 Å². The summed E-state index contributed by atoms with van der Waals surface area (Å²) in [6.07, 6.45) is -3.95. The number of aryl methyl sites for hydroxylation is 1. The summed E-state index contributed by atoms with van der Waals surface area (Å²) < 4.78 is 55.1. The first kappa shape index (κ1) is 24.7. The second-order valence-electron chi connectivity index (χ2n) is 8.24. The van der Waals surface area contributed by atoms with E-state index < -0.39 is 23.8 Å². The number of hydrogen-bond donors (Lipinski definition) is 1. The lowest BCUT2D eigenvalue weighted by Gasteiger charge is -2.32. The van der Waals surface area contributed by atoms with Gasteiger partial charge in [0.1, 0.15) is 17.6 Å². The molecule has 2 heterocycles. The molecule has 4 rings (SSSR count). The van der Waals surface area contributed by atoms with Gasteiger partial charge in [-0.15, -0.1) is 0 Å². The third-order valence-corrected chi connectivity index (χ3v) is 5.77. The Morgan fingerprint density at radius 2 is 2.00 bits per heavy atom. The molecule has 0 spiro atoms. The number of benzene rings is 2. The molecular weight excluding hydrogens is 465 g/mol. The van der Waals surface area contributed by atoms with Crippen LogP contribution in [-0.2, 0) is 28.7 Å². The van der Waals surface area contributed by atoms with Gasteiger partial charge in [0.15, 0.2) is 0 Å². The number of ether oxygens (including phenoxy) is 2. The first-order valence-electron chi connectivity index (χ1n) is 11.1. The molecule has 35 heavy (non-hydrogen) atoms. The van der Waals surface area contributed by atoms with Crippen LogP contribution in [0.2, 0.25) is 0 Å². The largest absolute Gasteiger partial charge is 0.493 e. The topological polar surface area (TPSA) is 85.0 Å². The highest BCUT2D eigenvalue weighted by atomic mass is 19.4. The van der Waals surface area contributed by atoms with Crippen molar-refractivity contribution in [2.24, 2.45) is 0 Å². The molecule has 1 aromatic heterocycles. The Labute approximate surface area is 200 Å². The fourth-order valence-electron chi connectivity index (χ4n) is 3.87. The van der Waals surface area contributed by atoms with E-state index in [1.807, 2.05) is 29.2 Å². The zero-order valence-corrected chi connectivity index (χ0v) is 19.0. The molecule has 3 aromatic rings. The summed E-state index contributed by atoms with van der Waals surface area (Å²) in [4.78, 5) is 17.8. The van der Waals surface area contributed by atoms with Crippen molar-refractivity contribution in [2.75, 3.05) is 26.4 Å². The predicted molar refractivity (Wildman–Crippen MR) is 120 cm³/mol. The molecule has 7 nitrogen and oxygen atoms in total. The zero-order chi connectivity index (χ0) is 25.0. The Bertz CT molecular complexity index is 1160. The minimum atomic E-state index is -4.40. The summed E-state index contributed by atoms with van der Waals surface area (Å²) >= 11 is 0. The monoisotopic (exact) mass is 490 g/mol. The van der Waals surface area contributed by atoms with E-state index in [0.29, 0.717) is 55.5 Å². The molecule has 0 aliphatic carbocycles. The van der Waals surface area contributed by atoms with Gasteiger partial charge in [-0.1, -0.05) is 12.1 Å². The third kappa shape index (κ3) is 6.20. The number of carbonyl (C=O) groups is 1. The number of alkyl halides is 3. The minimum Gasteiger partial charge on any atom is -0.493 e. The maximum absolute atomic E-state index is 12.8. The fourth-order valence-corrected chi connectivity index (χ4v) is 3.87. The van der Waals surface area contributed by atoms with Crippen molar-refractivity contribution in [3.8, 4) is 17.2 Å². The van der Waals surface area contributed by atoms with E-state index in [0.717, 1.165) is 17.7 Å². The van der Waals surface area contributed by atoms with E-state index in [1.54, 1.807) is 6.92 Å². The molecule has 1 N–H and O–H groups in total. The van der Waals surface area contributed by atoms with Crippen LogP contribution in [0.25, 0.3) is 11.5 Å². The quantitative estimate of drug-likeness (QED) is 0.495. The van der Waals surface area contributed by atoms with Gasteiger partial charge >= 0.3 is 12.1 Å². The molecule has 1 fully saturated rings. The van der Waals surface area contributed by atoms with Gasteiger partial charge in [-0.25, -0.2) is 4.98 Å². The molecule has 1 aliphatic rings. The highest BCUT2D eigenvalue weighted by Crippen LogP contribution is 2.31. The summed E-state index contributed by atoms with van der Waals surface area (Å²) in [7, 11) is 0. The molecule has 1 aliphatic heterocycles. The minimum absolute atomic E-state index is 0.164. The van der Waals surface area contributed by atoms with Crippen molar-refractivity contribution >= 4 is 5.97 Å². The highest BCUT2D eigenvalue weighted by Gasteiger charge is 2.30. The van der Waals surface area contributed by atoms with E-state index in [9.17, 15) is 23.1 Å². The molecular formula is C25H25F3N2O5. The molecule has 0 amide bonds. The average Bonchev–Trinajstić information content (AvgIpc) is 3.19. The van der Waals surface area contributed by atoms with Crippen LogP contribution < -0.4 is 4.74 Å². The first-order valence-corrected chi connectivity index (χ1v) is 11.1. The average molecular weight is 490 g/mol. The van der Waals surface area contributed by atoms with Gasteiger partial charge in [0.25, 0.3) is 0 Å². The Hall–Kier alpha value is -3.37. The van der Waals surface area contributed by atoms with Gasteiger partial charge in [-0.05, 0) is 48.9 Å². The Kier molecular flexibility index (Phi) is 7.42. The lowest BCUT2D eigenvalue weighted by molar-refractivity contribution is -0.150. The maximum Gasteiger partial charge on any atom is 0.416 e. The molecule has 0 radical (unpaired) electrons. The van der Waals surface area contributed by atoms with Crippen molar-refractivity contribution in [1.82, 2.24) is 9.88 Å². The van der Waals surface area contributed by atoms with E-state index in [4.69, 9.17) is 13.9 Å². The summed E-state index contributed by atoms with van der Waals surface area (Å²) in [6.45, 7) is 3.73. The summed E-state index contributed by atoms with van der Waals surface area (Å²) in [5.41, 5.74) is 1.32. The number of morpholine rings is 1. The highest BCUT2D eigenvalue weighted by molar-refractivity contribution is 5.73. The predicted octanol–water partition coefficient (Wildman–Crippen LogP) is 4.58. The van der Waals surface area contributed by atoms with Gasteiger partial charge in [0.2, 0.25) is 5.89 Å². The number of halogens is 3. The van der Waals surface area contributed by atoms with Crippen molar-refractivity contribution in [3.05, 3.63) is 71.1 Å². The molecule has 1 atom stereocenters. The van der Waals surface area contributed by atoms with Crippen LogP contribution >= 0.6 is 0 Å². The number of rotatable bonds is 8. The van der Waals surface area contributed by atoms with E-state index >= 15 is 0 Å². The number of carboxylic acid groups (broad SMARTS) is 1. The van der Waals surface area contributed by atoms with Crippen LogP contribution in [0.3, 0.4) is 0 Å². The number of nitrogens with zero attached hydrogens (tertiary/aromatic N) is 2. The van der Waals surface area contributed by atoms with Gasteiger partial charge in [-0.3, -0.25) is 9.69 Å². The molecule has 10 heteroatoms. The Balaban J connectivity index is 1.35. The lowest BCUT2D eigenvalue weighted by atomic mass is 10.1. The fraction of sp³-hybridized carbons (Fsp3) is 0.360. The van der Waals surface area contributed by atoms with Crippen LogP contribution in [0.4, 0.5) is 13.2 Å². The zero-order valence-electron chi connectivity index (χ0n) is 19.0. The van der Waals surface area contributed by atoms with Crippen LogP contribution in [0, 0.1) is 6.92 Å². The second-order valence-corrected chi connectivity index (χ2v) is 8.24. The van der Waals surface area contributed by atoms with Gasteiger partial charge < -0.3 is 19.0 Å². The summed E-state index contributed by atoms with van der Waals surface area (Å²) in [5.74, 6) is 0.568. The number of aromatic nitrogens is 1. The number of oxazole rings is 1. The van der Waals surface area contributed by atoms with Crippen molar-refractivity contribution in [3.63, 3.8) is 0 Å². The Morgan fingerprint density at radius 3 is 2.71 bits per heavy atom. The van der Waals surface area contributed by atoms with Crippen molar-refractivity contribution in [2.45, 2.75) is 32.1 Å². The molecule has 1 saturated heterocycles. The normalized spacial score (nSPS) is 16.9. The number of carboxylic acids is 1. The van der Waals surface area contributed by atoms with Crippen molar-refractivity contribution < 1.29 is 37.0 Å². The number of hydrogen-bond acceptors (Lipinski definition) is 6. The molecule has 186 valence electrons. The van der Waals surface area contributed by atoms with Crippen LogP contribution in [0.1, 0.15) is 22.6 Å². The molecule has 1 unspecified atom stereocenters. The second kappa shape index (κ2) is 10.5. The maximum atomic E-state index is 12.8. The van der Waals surface area contributed by atoms with Crippen LogP contribution in [-0.4, -0.2) is 53.4 Å². The first-order chi connectivity index (χ1) is 16.7. The van der Waals surface area contributed by atoms with E-state index in [-0.39, 0.29) is 12.5 Å². The smallest absolute Gasteiger partial charge is 0.416 e. The van der Waals surface area contributed by atoms with Gasteiger partial charge in [0, 0.05) is 25.1 Å². The van der Waals surface area contributed by atoms with Gasteiger partial charge in [0.05, 0.1) is 31.1 Å². The molecule has 2 aromatic carbocycles. The van der Waals surface area contributed by atoms with Crippen molar-refractivity contribution in [1.29, 1.82) is 0 Å².